The van der Waals surface area contributed by atoms with Crippen LogP contribution in [0, 0.1) is 12.7 Å². The molecular weight excluding hydrogens is 395 g/mol. The summed E-state index contributed by atoms with van der Waals surface area (Å²) in [5.41, 5.74) is 1.58. The quantitative estimate of drug-likeness (QED) is 0.622. The van der Waals surface area contributed by atoms with Crippen molar-refractivity contribution in [3.8, 4) is 17.2 Å². The molecule has 1 aliphatic rings. The number of ether oxygens (including phenoxy) is 1. The van der Waals surface area contributed by atoms with Gasteiger partial charge in [0.05, 0.1) is 17.8 Å². The van der Waals surface area contributed by atoms with Crippen molar-refractivity contribution in [1.29, 1.82) is 0 Å². The maximum Gasteiger partial charge on any atom is 0.226 e. The predicted molar refractivity (Wildman–Crippen MR) is 110 cm³/mol. The summed E-state index contributed by atoms with van der Waals surface area (Å²) in [5.74, 6) is 1.95. The normalized spacial score (nSPS) is 15.0. The molecule has 0 radical (unpaired) electrons. The molecule has 0 atom stereocenters. The van der Waals surface area contributed by atoms with Crippen LogP contribution >= 0.6 is 11.6 Å². The second-order valence-corrected chi connectivity index (χ2v) is 7.41. The molecule has 1 saturated heterocycles. The van der Waals surface area contributed by atoms with E-state index in [1.165, 1.54) is 13.2 Å². The monoisotopic (exact) mass is 416 g/mol. The number of anilines is 1. The van der Waals surface area contributed by atoms with Crippen molar-refractivity contribution in [2.75, 3.05) is 38.2 Å². The number of methoxy groups -OCH3 is 1. The van der Waals surface area contributed by atoms with Crippen molar-refractivity contribution in [2.45, 2.75) is 13.5 Å². The Labute approximate surface area is 173 Å². The van der Waals surface area contributed by atoms with E-state index in [9.17, 15) is 4.39 Å². The summed E-state index contributed by atoms with van der Waals surface area (Å²) < 4.78 is 24.5. The SMILES string of the molecule is COc1cc(-c2nc(CN3CCN(c4ccc(Cl)cn4)CC3)c(C)o2)ccc1F. The van der Waals surface area contributed by atoms with E-state index < -0.39 is 5.82 Å². The molecule has 0 amide bonds. The first-order valence-electron chi connectivity index (χ1n) is 9.42. The van der Waals surface area contributed by atoms with E-state index in [0.717, 1.165) is 43.5 Å². The molecule has 3 aromatic rings. The van der Waals surface area contributed by atoms with Gasteiger partial charge in [-0.25, -0.2) is 14.4 Å². The molecular formula is C21H22ClFN4O2. The zero-order valence-corrected chi connectivity index (χ0v) is 17.1. The number of nitrogens with zero attached hydrogens (tertiary/aromatic N) is 4. The minimum atomic E-state index is -0.409. The summed E-state index contributed by atoms with van der Waals surface area (Å²) in [7, 11) is 1.44. The summed E-state index contributed by atoms with van der Waals surface area (Å²) in [5, 5.41) is 0.642. The van der Waals surface area contributed by atoms with E-state index in [0.29, 0.717) is 23.0 Å². The van der Waals surface area contributed by atoms with E-state index in [1.807, 2.05) is 19.1 Å². The molecule has 152 valence electrons. The largest absolute Gasteiger partial charge is 0.494 e. The lowest BCUT2D eigenvalue weighted by Gasteiger charge is -2.35. The summed E-state index contributed by atoms with van der Waals surface area (Å²) >= 11 is 5.92. The van der Waals surface area contributed by atoms with Gasteiger partial charge in [0.1, 0.15) is 11.6 Å². The topological polar surface area (TPSA) is 54.6 Å². The van der Waals surface area contributed by atoms with Gasteiger partial charge in [-0.2, -0.15) is 0 Å². The maximum atomic E-state index is 13.7. The molecule has 0 N–H and O–H groups in total. The molecule has 8 heteroatoms. The Hall–Kier alpha value is -2.64. The molecule has 2 aromatic heterocycles. The lowest BCUT2D eigenvalue weighted by molar-refractivity contribution is 0.245. The fraction of sp³-hybridized carbons (Fsp3) is 0.333. The van der Waals surface area contributed by atoms with Crippen molar-refractivity contribution in [2.24, 2.45) is 0 Å². The van der Waals surface area contributed by atoms with Gasteiger partial charge in [-0.1, -0.05) is 11.6 Å². The Morgan fingerprint density at radius 2 is 1.97 bits per heavy atom. The molecule has 0 unspecified atom stereocenters. The number of hydrogen-bond donors (Lipinski definition) is 0. The predicted octanol–water partition coefficient (Wildman–Crippen LogP) is 4.17. The van der Waals surface area contributed by atoms with Gasteiger partial charge < -0.3 is 14.1 Å². The average Bonchev–Trinajstić information content (AvgIpc) is 3.10. The molecule has 4 rings (SSSR count). The van der Waals surface area contributed by atoms with Crippen LogP contribution in [0.15, 0.2) is 40.9 Å². The first-order valence-corrected chi connectivity index (χ1v) is 9.80. The number of benzene rings is 1. The standard InChI is InChI=1S/C21H22ClFN4O2/c1-14-18(25-21(29-14)15-3-5-17(23)19(11-15)28-2)13-26-7-9-27(10-8-26)20-6-4-16(22)12-24-20/h3-6,11-12H,7-10,13H2,1-2H3. The highest BCUT2D eigenvalue weighted by molar-refractivity contribution is 6.30. The van der Waals surface area contributed by atoms with Crippen molar-refractivity contribution >= 4 is 17.4 Å². The molecule has 0 aliphatic carbocycles. The minimum Gasteiger partial charge on any atom is -0.494 e. The van der Waals surface area contributed by atoms with Crippen molar-refractivity contribution in [3.05, 3.63) is 58.8 Å². The Morgan fingerprint density at radius 3 is 2.66 bits per heavy atom. The first-order chi connectivity index (χ1) is 14.0. The third kappa shape index (κ3) is 4.36. The number of hydrogen-bond acceptors (Lipinski definition) is 6. The Morgan fingerprint density at radius 1 is 1.17 bits per heavy atom. The van der Waals surface area contributed by atoms with Crippen LogP contribution in [-0.2, 0) is 6.54 Å². The van der Waals surface area contributed by atoms with Crippen LogP contribution in [-0.4, -0.2) is 48.2 Å². The molecule has 1 aliphatic heterocycles. The highest BCUT2D eigenvalue weighted by Gasteiger charge is 2.21. The summed E-state index contributed by atoms with van der Waals surface area (Å²) in [6.07, 6.45) is 1.67. The number of halogens is 2. The summed E-state index contributed by atoms with van der Waals surface area (Å²) in [6, 6.07) is 8.41. The van der Waals surface area contributed by atoms with Crippen molar-refractivity contribution < 1.29 is 13.5 Å². The second kappa shape index (κ2) is 8.39. The molecule has 0 spiro atoms. The lowest BCUT2D eigenvalue weighted by Crippen LogP contribution is -2.46. The zero-order chi connectivity index (χ0) is 20.4. The molecule has 6 nitrogen and oxygen atoms in total. The average molecular weight is 417 g/mol. The van der Waals surface area contributed by atoms with Gasteiger partial charge in [-0.15, -0.1) is 0 Å². The smallest absolute Gasteiger partial charge is 0.226 e. The van der Waals surface area contributed by atoms with Crippen molar-refractivity contribution in [3.63, 3.8) is 0 Å². The Balaban J connectivity index is 1.41. The molecule has 0 saturated carbocycles. The van der Waals surface area contributed by atoms with Crippen LogP contribution in [0.4, 0.5) is 10.2 Å². The van der Waals surface area contributed by atoms with Gasteiger partial charge in [0.25, 0.3) is 0 Å². The third-order valence-electron chi connectivity index (χ3n) is 5.07. The fourth-order valence-corrected chi connectivity index (χ4v) is 3.50. The van der Waals surface area contributed by atoms with E-state index in [1.54, 1.807) is 18.3 Å². The van der Waals surface area contributed by atoms with Crippen LogP contribution < -0.4 is 9.64 Å². The van der Waals surface area contributed by atoms with Gasteiger partial charge in [0.15, 0.2) is 11.6 Å². The number of pyridine rings is 1. The van der Waals surface area contributed by atoms with Crippen molar-refractivity contribution in [1.82, 2.24) is 14.9 Å². The summed E-state index contributed by atoms with van der Waals surface area (Å²) in [4.78, 5) is 13.6. The highest BCUT2D eigenvalue weighted by atomic mass is 35.5. The van der Waals surface area contributed by atoms with Crippen LogP contribution in [0.1, 0.15) is 11.5 Å². The maximum absolute atomic E-state index is 13.7. The van der Waals surface area contributed by atoms with Gasteiger partial charge in [-0.3, -0.25) is 4.90 Å². The van der Waals surface area contributed by atoms with Crippen LogP contribution in [0.5, 0.6) is 5.75 Å². The number of oxazole rings is 1. The van der Waals surface area contributed by atoms with Gasteiger partial charge >= 0.3 is 0 Å². The first kappa shape index (κ1) is 19.7. The molecule has 29 heavy (non-hydrogen) atoms. The number of piperazine rings is 1. The number of aromatic nitrogens is 2. The zero-order valence-electron chi connectivity index (χ0n) is 16.4. The van der Waals surface area contributed by atoms with Gasteiger partial charge in [-0.05, 0) is 37.3 Å². The highest BCUT2D eigenvalue weighted by Crippen LogP contribution is 2.28. The summed E-state index contributed by atoms with van der Waals surface area (Å²) in [6.45, 7) is 6.17. The number of rotatable bonds is 5. The van der Waals surface area contributed by atoms with Gasteiger partial charge in [0.2, 0.25) is 5.89 Å². The van der Waals surface area contributed by atoms with E-state index in [2.05, 4.69) is 19.8 Å². The van der Waals surface area contributed by atoms with E-state index in [4.69, 9.17) is 20.8 Å². The third-order valence-corrected chi connectivity index (χ3v) is 5.30. The second-order valence-electron chi connectivity index (χ2n) is 6.97. The molecule has 1 fully saturated rings. The van der Waals surface area contributed by atoms with Crippen LogP contribution in [0.3, 0.4) is 0 Å². The van der Waals surface area contributed by atoms with Crippen LogP contribution in [0.25, 0.3) is 11.5 Å². The molecule has 0 bridgehead atoms. The van der Waals surface area contributed by atoms with Gasteiger partial charge in [0, 0.05) is 44.5 Å². The Bertz CT molecular complexity index is 985. The fourth-order valence-electron chi connectivity index (χ4n) is 3.39. The van der Waals surface area contributed by atoms with E-state index in [-0.39, 0.29) is 5.75 Å². The van der Waals surface area contributed by atoms with Crippen LogP contribution in [0.2, 0.25) is 5.02 Å². The van der Waals surface area contributed by atoms with E-state index >= 15 is 0 Å². The molecule has 1 aromatic carbocycles. The molecule has 3 heterocycles. The minimum absolute atomic E-state index is 0.173. The number of aryl methyl sites for hydroxylation is 1. The Kier molecular flexibility index (Phi) is 5.69. The lowest BCUT2D eigenvalue weighted by atomic mass is 10.2.